The SMILES string of the molecule is C[C@H](NC1CCCCC1C1CCCCN1)c1ccccc1. The van der Waals surface area contributed by atoms with Crippen LogP contribution in [0.1, 0.15) is 63.5 Å². The maximum Gasteiger partial charge on any atom is 0.0294 e. The van der Waals surface area contributed by atoms with Gasteiger partial charge in [-0.25, -0.2) is 0 Å². The van der Waals surface area contributed by atoms with Gasteiger partial charge in [0, 0.05) is 18.1 Å². The van der Waals surface area contributed by atoms with E-state index in [9.17, 15) is 0 Å². The van der Waals surface area contributed by atoms with Crippen LogP contribution < -0.4 is 10.6 Å². The highest BCUT2D eigenvalue weighted by Gasteiger charge is 2.32. The number of rotatable bonds is 4. The van der Waals surface area contributed by atoms with E-state index >= 15 is 0 Å². The first-order valence-electron chi connectivity index (χ1n) is 8.89. The highest BCUT2D eigenvalue weighted by atomic mass is 15.0. The maximum absolute atomic E-state index is 3.94. The second-order valence-electron chi connectivity index (χ2n) is 6.91. The van der Waals surface area contributed by atoms with E-state index in [4.69, 9.17) is 0 Å². The molecule has 1 heterocycles. The van der Waals surface area contributed by atoms with Gasteiger partial charge < -0.3 is 10.6 Å². The smallest absolute Gasteiger partial charge is 0.0294 e. The molecule has 1 aliphatic heterocycles. The molecule has 0 aromatic heterocycles. The third kappa shape index (κ3) is 3.87. The molecule has 1 aromatic rings. The third-order valence-electron chi connectivity index (χ3n) is 5.45. The second kappa shape index (κ2) is 7.42. The molecule has 21 heavy (non-hydrogen) atoms. The van der Waals surface area contributed by atoms with Crippen LogP contribution in [0.25, 0.3) is 0 Å². The van der Waals surface area contributed by atoms with Crippen molar-refractivity contribution in [2.45, 2.75) is 70.0 Å². The van der Waals surface area contributed by atoms with Crippen LogP contribution >= 0.6 is 0 Å². The fourth-order valence-corrected chi connectivity index (χ4v) is 4.25. The number of hydrogen-bond donors (Lipinski definition) is 2. The Morgan fingerprint density at radius 1 is 1.00 bits per heavy atom. The Morgan fingerprint density at radius 2 is 1.76 bits per heavy atom. The zero-order valence-electron chi connectivity index (χ0n) is 13.4. The van der Waals surface area contributed by atoms with Gasteiger partial charge in [-0.3, -0.25) is 0 Å². The largest absolute Gasteiger partial charge is 0.314 e. The molecule has 1 saturated heterocycles. The molecule has 3 rings (SSSR count). The molecule has 1 aromatic carbocycles. The maximum atomic E-state index is 3.94. The van der Waals surface area contributed by atoms with Crippen LogP contribution in [0.4, 0.5) is 0 Å². The van der Waals surface area contributed by atoms with Crippen LogP contribution in [0.15, 0.2) is 30.3 Å². The molecular weight excluding hydrogens is 256 g/mol. The summed E-state index contributed by atoms with van der Waals surface area (Å²) in [6.07, 6.45) is 9.71. The summed E-state index contributed by atoms with van der Waals surface area (Å²) in [5, 5.41) is 7.73. The van der Waals surface area contributed by atoms with Crippen LogP contribution in [-0.4, -0.2) is 18.6 Å². The minimum absolute atomic E-state index is 0.459. The van der Waals surface area contributed by atoms with Crippen molar-refractivity contribution in [2.75, 3.05) is 6.54 Å². The van der Waals surface area contributed by atoms with Gasteiger partial charge >= 0.3 is 0 Å². The van der Waals surface area contributed by atoms with Crippen molar-refractivity contribution in [3.63, 3.8) is 0 Å². The number of hydrogen-bond acceptors (Lipinski definition) is 2. The highest BCUT2D eigenvalue weighted by molar-refractivity contribution is 5.18. The Kier molecular flexibility index (Phi) is 5.32. The van der Waals surface area contributed by atoms with Crippen molar-refractivity contribution < 1.29 is 0 Å². The quantitative estimate of drug-likeness (QED) is 0.873. The van der Waals surface area contributed by atoms with E-state index in [1.54, 1.807) is 0 Å². The number of benzene rings is 1. The highest BCUT2D eigenvalue weighted by Crippen LogP contribution is 2.31. The lowest BCUT2D eigenvalue weighted by Crippen LogP contribution is -2.50. The molecule has 0 radical (unpaired) electrons. The molecule has 2 N–H and O–H groups in total. The summed E-state index contributed by atoms with van der Waals surface area (Å²) < 4.78 is 0. The van der Waals surface area contributed by atoms with Gasteiger partial charge in [0.2, 0.25) is 0 Å². The lowest BCUT2D eigenvalue weighted by molar-refractivity contribution is 0.174. The first-order chi connectivity index (χ1) is 10.3. The first kappa shape index (κ1) is 15.1. The van der Waals surface area contributed by atoms with E-state index in [2.05, 4.69) is 47.9 Å². The van der Waals surface area contributed by atoms with Crippen molar-refractivity contribution >= 4 is 0 Å². The average molecular weight is 286 g/mol. The lowest BCUT2D eigenvalue weighted by atomic mass is 9.77. The monoisotopic (exact) mass is 286 g/mol. The Hall–Kier alpha value is -0.860. The topological polar surface area (TPSA) is 24.1 Å². The van der Waals surface area contributed by atoms with Crippen molar-refractivity contribution in [1.82, 2.24) is 10.6 Å². The van der Waals surface area contributed by atoms with Crippen molar-refractivity contribution in [3.8, 4) is 0 Å². The lowest BCUT2D eigenvalue weighted by Gasteiger charge is -2.41. The summed E-state index contributed by atoms with van der Waals surface area (Å²) in [6.45, 7) is 3.54. The summed E-state index contributed by atoms with van der Waals surface area (Å²) in [5.74, 6) is 0.824. The fraction of sp³-hybridized carbons (Fsp3) is 0.684. The normalized spacial score (nSPS) is 31.8. The zero-order valence-corrected chi connectivity index (χ0v) is 13.4. The van der Waals surface area contributed by atoms with E-state index in [-0.39, 0.29) is 0 Å². The number of piperidine rings is 1. The summed E-state index contributed by atoms with van der Waals surface area (Å²) in [5.41, 5.74) is 1.42. The molecule has 2 aliphatic rings. The minimum Gasteiger partial charge on any atom is -0.314 e. The van der Waals surface area contributed by atoms with Crippen LogP contribution in [0, 0.1) is 5.92 Å². The van der Waals surface area contributed by atoms with E-state index in [1.165, 1.54) is 57.1 Å². The predicted octanol–water partition coefficient (Wildman–Crippen LogP) is 4.04. The van der Waals surface area contributed by atoms with Crippen molar-refractivity contribution in [3.05, 3.63) is 35.9 Å². The molecule has 2 nitrogen and oxygen atoms in total. The molecule has 1 saturated carbocycles. The Labute approximate surface area is 129 Å². The molecule has 3 unspecified atom stereocenters. The Bertz CT molecular complexity index is 411. The summed E-state index contributed by atoms with van der Waals surface area (Å²) in [6, 6.07) is 12.8. The van der Waals surface area contributed by atoms with Crippen LogP contribution in [0.5, 0.6) is 0 Å². The molecule has 0 bridgehead atoms. The van der Waals surface area contributed by atoms with E-state index in [1.807, 2.05) is 0 Å². The molecule has 0 spiro atoms. The average Bonchev–Trinajstić information content (AvgIpc) is 2.57. The van der Waals surface area contributed by atoms with Gasteiger partial charge in [0.25, 0.3) is 0 Å². The van der Waals surface area contributed by atoms with Gasteiger partial charge in [-0.2, -0.15) is 0 Å². The molecule has 4 atom stereocenters. The van der Waals surface area contributed by atoms with Crippen molar-refractivity contribution in [1.29, 1.82) is 0 Å². The molecule has 2 heteroatoms. The van der Waals surface area contributed by atoms with Gasteiger partial charge in [0.1, 0.15) is 0 Å². The zero-order chi connectivity index (χ0) is 14.5. The Morgan fingerprint density at radius 3 is 2.52 bits per heavy atom. The summed E-state index contributed by atoms with van der Waals surface area (Å²) in [4.78, 5) is 0. The molecular formula is C19H30N2. The van der Waals surface area contributed by atoms with Crippen molar-refractivity contribution in [2.24, 2.45) is 5.92 Å². The molecule has 1 aliphatic carbocycles. The fourth-order valence-electron chi connectivity index (χ4n) is 4.25. The molecule has 116 valence electrons. The van der Waals surface area contributed by atoms with Crippen LogP contribution in [0.3, 0.4) is 0 Å². The van der Waals surface area contributed by atoms with Crippen LogP contribution in [-0.2, 0) is 0 Å². The molecule has 2 fully saturated rings. The predicted molar refractivity (Wildman–Crippen MR) is 89.4 cm³/mol. The summed E-state index contributed by atoms with van der Waals surface area (Å²) >= 11 is 0. The van der Waals surface area contributed by atoms with E-state index < -0.39 is 0 Å². The molecule has 0 amide bonds. The second-order valence-corrected chi connectivity index (χ2v) is 6.91. The van der Waals surface area contributed by atoms with Gasteiger partial charge in [-0.1, -0.05) is 49.6 Å². The van der Waals surface area contributed by atoms with Gasteiger partial charge in [0.05, 0.1) is 0 Å². The summed E-state index contributed by atoms with van der Waals surface area (Å²) in [7, 11) is 0. The van der Waals surface area contributed by atoms with Gasteiger partial charge in [-0.15, -0.1) is 0 Å². The third-order valence-corrected chi connectivity index (χ3v) is 5.45. The van der Waals surface area contributed by atoms with Crippen LogP contribution in [0.2, 0.25) is 0 Å². The number of nitrogens with one attached hydrogen (secondary N) is 2. The first-order valence-corrected chi connectivity index (χ1v) is 8.89. The minimum atomic E-state index is 0.459. The van der Waals surface area contributed by atoms with E-state index in [0.717, 1.165) is 12.0 Å². The standard InChI is InChI=1S/C19H30N2/c1-15(16-9-3-2-4-10-16)21-19-13-6-5-11-17(19)18-12-7-8-14-20-18/h2-4,9-10,15,17-21H,5-8,11-14H2,1H3/t15-,17?,18?,19?/m0/s1. The van der Waals surface area contributed by atoms with E-state index in [0.29, 0.717) is 12.1 Å². The van der Waals surface area contributed by atoms with Gasteiger partial charge in [0.15, 0.2) is 0 Å². The van der Waals surface area contributed by atoms with Gasteiger partial charge in [-0.05, 0) is 50.6 Å². The Balaban J connectivity index is 1.63.